The number of nitrogens with zero attached hydrogens (tertiary/aromatic N) is 2. The number of carbonyl (C=O) groups excluding carboxylic acids is 1. The highest BCUT2D eigenvalue weighted by Crippen LogP contribution is 2.29. The number of aromatic nitrogens is 2. The maximum absolute atomic E-state index is 11.9. The molecule has 0 bridgehead atoms. The van der Waals surface area contributed by atoms with E-state index in [9.17, 15) is 4.79 Å². The van der Waals surface area contributed by atoms with Gasteiger partial charge in [0.25, 0.3) is 0 Å². The SMILES string of the molecule is CCn1ccnc1SCc1c(C)cc(C)c(C(C)=O)c1C. The fraction of sp³-hybridized carbons (Fsp3) is 0.412. The van der Waals surface area contributed by atoms with Crippen LogP contribution in [0, 0.1) is 20.8 Å². The average molecular weight is 302 g/mol. The predicted molar refractivity (Wildman–Crippen MR) is 88.1 cm³/mol. The Labute approximate surface area is 130 Å². The van der Waals surface area contributed by atoms with E-state index < -0.39 is 0 Å². The van der Waals surface area contributed by atoms with Crippen molar-refractivity contribution in [1.82, 2.24) is 9.55 Å². The number of ketones is 1. The topological polar surface area (TPSA) is 34.9 Å². The molecule has 1 aromatic heterocycles. The summed E-state index contributed by atoms with van der Waals surface area (Å²) >= 11 is 1.73. The molecular weight excluding hydrogens is 280 g/mol. The number of hydrogen-bond donors (Lipinski definition) is 0. The summed E-state index contributed by atoms with van der Waals surface area (Å²) in [5.74, 6) is 0.987. The Balaban J connectivity index is 2.32. The van der Waals surface area contributed by atoms with Crippen molar-refractivity contribution >= 4 is 17.5 Å². The second-order valence-electron chi connectivity index (χ2n) is 5.33. The summed E-state index contributed by atoms with van der Waals surface area (Å²) in [5, 5.41) is 1.03. The minimum absolute atomic E-state index is 0.145. The monoisotopic (exact) mass is 302 g/mol. The number of carbonyl (C=O) groups is 1. The lowest BCUT2D eigenvalue weighted by molar-refractivity contribution is 0.101. The molecule has 0 aliphatic heterocycles. The van der Waals surface area contributed by atoms with E-state index in [0.29, 0.717) is 0 Å². The van der Waals surface area contributed by atoms with Gasteiger partial charge in [-0.15, -0.1) is 0 Å². The standard InChI is InChI=1S/C17H22N2OS/c1-6-19-8-7-18-17(19)21-10-15-11(2)9-12(3)16(13(15)4)14(5)20/h7-9H,6,10H2,1-5H3. The van der Waals surface area contributed by atoms with Crippen LogP contribution >= 0.6 is 11.8 Å². The van der Waals surface area contributed by atoms with Crippen molar-refractivity contribution in [1.29, 1.82) is 0 Å². The predicted octanol–water partition coefficient (Wildman–Crippen LogP) is 4.32. The number of Topliss-reactive ketones (excluding diaryl/α,β-unsaturated/α-hetero) is 1. The second kappa shape index (κ2) is 6.48. The van der Waals surface area contributed by atoms with E-state index in [1.54, 1.807) is 18.7 Å². The lowest BCUT2D eigenvalue weighted by Crippen LogP contribution is -2.05. The number of benzene rings is 1. The van der Waals surface area contributed by atoms with Gasteiger partial charge in [0.2, 0.25) is 0 Å². The molecule has 2 rings (SSSR count). The van der Waals surface area contributed by atoms with Crippen molar-refractivity contribution in [2.75, 3.05) is 0 Å². The molecule has 3 nitrogen and oxygen atoms in total. The molecule has 112 valence electrons. The maximum Gasteiger partial charge on any atom is 0.168 e. The van der Waals surface area contributed by atoms with E-state index in [2.05, 4.69) is 36.4 Å². The van der Waals surface area contributed by atoms with Crippen LogP contribution < -0.4 is 0 Å². The van der Waals surface area contributed by atoms with Crippen molar-refractivity contribution in [2.45, 2.75) is 52.1 Å². The highest BCUT2D eigenvalue weighted by atomic mass is 32.2. The number of aryl methyl sites for hydroxylation is 3. The first-order valence-electron chi connectivity index (χ1n) is 7.20. The molecule has 0 radical (unpaired) electrons. The quantitative estimate of drug-likeness (QED) is 0.609. The van der Waals surface area contributed by atoms with Crippen LogP contribution in [0.1, 0.15) is 46.5 Å². The van der Waals surface area contributed by atoms with E-state index in [0.717, 1.165) is 34.1 Å². The van der Waals surface area contributed by atoms with Crippen molar-refractivity contribution in [3.05, 3.63) is 46.3 Å². The fourth-order valence-corrected chi connectivity index (χ4v) is 4.01. The maximum atomic E-state index is 11.9. The van der Waals surface area contributed by atoms with Crippen molar-refractivity contribution in [2.24, 2.45) is 0 Å². The molecular formula is C17H22N2OS. The third-order valence-electron chi connectivity index (χ3n) is 3.85. The molecule has 0 fully saturated rings. The van der Waals surface area contributed by atoms with E-state index >= 15 is 0 Å². The van der Waals surface area contributed by atoms with Gasteiger partial charge < -0.3 is 4.57 Å². The third-order valence-corrected chi connectivity index (χ3v) is 4.88. The summed E-state index contributed by atoms with van der Waals surface area (Å²) in [5.41, 5.74) is 5.55. The molecule has 0 aliphatic rings. The molecule has 0 unspecified atom stereocenters. The third kappa shape index (κ3) is 3.21. The average Bonchev–Trinajstić information content (AvgIpc) is 2.84. The Hall–Kier alpha value is -1.55. The highest BCUT2D eigenvalue weighted by molar-refractivity contribution is 7.98. The molecule has 0 amide bonds. The zero-order chi connectivity index (χ0) is 15.6. The number of thioether (sulfide) groups is 1. The molecule has 1 heterocycles. The van der Waals surface area contributed by atoms with Crippen LogP contribution in [-0.2, 0) is 12.3 Å². The Morgan fingerprint density at radius 3 is 2.62 bits per heavy atom. The Morgan fingerprint density at radius 2 is 2.00 bits per heavy atom. The molecule has 0 spiro atoms. The molecule has 4 heteroatoms. The van der Waals surface area contributed by atoms with E-state index in [1.165, 1.54) is 11.1 Å². The van der Waals surface area contributed by atoms with Crippen LogP contribution in [0.3, 0.4) is 0 Å². The molecule has 0 N–H and O–H groups in total. The van der Waals surface area contributed by atoms with Crippen LogP contribution in [0.25, 0.3) is 0 Å². The number of hydrogen-bond acceptors (Lipinski definition) is 3. The van der Waals surface area contributed by atoms with Gasteiger partial charge in [-0.05, 0) is 56.9 Å². The van der Waals surface area contributed by atoms with Gasteiger partial charge in [0.15, 0.2) is 10.9 Å². The zero-order valence-corrected chi connectivity index (χ0v) is 14.2. The summed E-state index contributed by atoms with van der Waals surface area (Å²) in [6.07, 6.45) is 3.83. The first kappa shape index (κ1) is 15.8. The smallest absolute Gasteiger partial charge is 0.168 e. The molecule has 0 saturated heterocycles. The van der Waals surface area contributed by atoms with Gasteiger partial charge in [0.05, 0.1) is 0 Å². The van der Waals surface area contributed by atoms with Gasteiger partial charge in [-0.3, -0.25) is 4.79 Å². The van der Waals surface area contributed by atoms with Crippen LogP contribution in [0.4, 0.5) is 0 Å². The van der Waals surface area contributed by atoms with Crippen LogP contribution in [0.15, 0.2) is 23.6 Å². The lowest BCUT2D eigenvalue weighted by Gasteiger charge is -2.15. The summed E-state index contributed by atoms with van der Waals surface area (Å²) < 4.78 is 2.13. The molecule has 1 aromatic carbocycles. The Kier molecular flexibility index (Phi) is 4.88. The van der Waals surface area contributed by atoms with Crippen LogP contribution in [-0.4, -0.2) is 15.3 Å². The molecule has 2 aromatic rings. The van der Waals surface area contributed by atoms with Crippen molar-refractivity contribution in [3.63, 3.8) is 0 Å². The summed E-state index contributed by atoms with van der Waals surface area (Å²) in [4.78, 5) is 16.3. The normalized spacial score (nSPS) is 10.9. The summed E-state index contributed by atoms with van der Waals surface area (Å²) in [6.45, 7) is 10.9. The molecule has 0 aliphatic carbocycles. The van der Waals surface area contributed by atoms with Crippen LogP contribution in [0.2, 0.25) is 0 Å². The van der Waals surface area contributed by atoms with Gasteiger partial charge in [0, 0.05) is 30.3 Å². The van der Waals surface area contributed by atoms with Gasteiger partial charge in [-0.1, -0.05) is 17.8 Å². The number of imidazole rings is 1. The number of rotatable bonds is 5. The summed E-state index contributed by atoms with van der Waals surface area (Å²) in [6, 6.07) is 2.12. The first-order valence-corrected chi connectivity index (χ1v) is 8.18. The zero-order valence-electron chi connectivity index (χ0n) is 13.4. The van der Waals surface area contributed by atoms with E-state index in [-0.39, 0.29) is 5.78 Å². The Morgan fingerprint density at radius 1 is 1.29 bits per heavy atom. The largest absolute Gasteiger partial charge is 0.326 e. The van der Waals surface area contributed by atoms with E-state index in [1.807, 2.05) is 19.3 Å². The van der Waals surface area contributed by atoms with Gasteiger partial charge in [-0.2, -0.15) is 0 Å². The first-order chi connectivity index (χ1) is 9.95. The minimum Gasteiger partial charge on any atom is -0.326 e. The minimum atomic E-state index is 0.145. The molecule has 0 saturated carbocycles. The lowest BCUT2D eigenvalue weighted by atomic mass is 9.92. The fourth-order valence-electron chi connectivity index (χ4n) is 2.80. The van der Waals surface area contributed by atoms with E-state index in [4.69, 9.17) is 0 Å². The second-order valence-corrected chi connectivity index (χ2v) is 6.27. The van der Waals surface area contributed by atoms with Crippen molar-refractivity contribution < 1.29 is 4.79 Å². The molecule has 0 atom stereocenters. The Bertz CT molecular complexity index is 674. The van der Waals surface area contributed by atoms with Crippen LogP contribution in [0.5, 0.6) is 0 Å². The molecule has 21 heavy (non-hydrogen) atoms. The van der Waals surface area contributed by atoms with Gasteiger partial charge in [0.1, 0.15) is 0 Å². The summed E-state index contributed by atoms with van der Waals surface area (Å²) in [7, 11) is 0. The van der Waals surface area contributed by atoms with Gasteiger partial charge >= 0.3 is 0 Å². The van der Waals surface area contributed by atoms with Crippen molar-refractivity contribution in [3.8, 4) is 0 Å². The highest BCUT2D eigenvalue weighted by Gasteiger charge is 2.15. The van der Waals surface area contributed by atoms with Gasteiger partial charge in [-0.25, -0.2) is 4.98 Å².